The van der Waals surface area contributed by atoms with E-state index >= 15 is 0 Å². The lowest BCUT2D eigenvalue weighted by Gasteiger charge is -2.08. The fourth-order valence-corrected chi connectivity index (χ4v) is 1.35. The van der Waals surface area contributed by atoms with Crippen LogP contribution in [0.25, 0.3) is 0 Å². The molecule has 1 saturated carbocycles. The molecule has 0 saturated heterocycles. The molecule has 0 atom stereocenters. The number of aromatic carboxylic acids is 1. The molecule has 1 aliphatic rings. The first-order valence-corrected chi connectivity index (χ1v) is 5.06. The molecule has 0 heterocycles. The topological polar surface area (TPSA) is 78.4 Å². The maximum absolute atomic E-state index is 11.4. The molecule has 2 amide bonds. The van der Waals surface area contributed by atoms with Crippen molar-refractivity contribution in [1.29, 1.82) is 0 Å². The number of para-hydroxylation sites is 1. The minimum absolute atomic E-state index is 0.0912. The van der Waals surface area contributed by atoms with Crippen LogP contribution in [0, 0.1) is 0 Å². The van der Waals surface area contributed by atoms with E-state index in [1.54, 1.807) is 18.2 Å². The Morgan fingerprint density at radius 2 is 1.94 bits per heavy atom. The summed E-state index contributed by atoms with van der Waals surface area (Å²) < 4.78 is 0. The van der Waals surface area contributed by atoms with Gasteiger partial charge in [0, 0.05) is 6.04 Å². The first-order chi connectivity index (χ1) is 7.66. The molecule has 1 aromatic rings. The van der Waals surface area contributed by atoms with Gasteiger partial charge in [-0.25, -0.2) is 9.59 Å². The lowest BCUT2D eigenvalue weighted by Crippen LogP contribution is -2.30. The minimum Gasteiger partial charge on any atom is -0.478 e. The van der Waals surface area contributed by atoms with Crippen LogP contribution in [0.4, 0.5) is 10.5 Å². The Bertz CT molecular complexity index is 427. The second kappa shape index (κ2) is 4.22. The summed E-state index contributed by atoms with van der Waals surface area (Å²) in [6, 6.07) is 6.21. The van der Waals surface area contributed by atoms with E-state index in [-0.39, 0.29) is 17.6 Å². The molecule has 0 aliphatic heterocycles. The van der Waals surface area contributed by atoms with Crippen molar-refractivity contribution in [2.24, 2.45) is 0 Å². The summed E-state index contributed by atoms with van der Waals surface area (Å²) in [5.74, 6) is -1.05. The van der Waals surface area contributed by atoms with Gasteiger partial charge in [0.05, 0.1) is 11.3 Å². The van der Waals surface area contributed by atoms with Gasteiger partial charge in [-0.1, -0.05) is 12.1 Å². The van der Waals surface area contributed by atoms with Crippen molar-refractivity contribution in [3.05, 3.63) is 29.8 Å². The Kier molecular flexibility index (Phi) is 2.76. The number of carboxylic acid groups (broad SMARTS) is 1. The van der Waals surface area contributed by atoms with E-state index < -0.39 is 5.97 Å². The molecule has 0 unspecified atom stereocenters. The molecule has 1 fully saturated rings. The molecule has 2 rings (SSSR count). The maximum Gasteiger partial charge on any atom is 0.337 e. The van der Waals surface area contributed by atoms with Crippen LogP contribution in [0.1, 0.15) is 23.2 Å². The van der Waals surface area contributed by atoms with Gasteiger partial charge in [0.15, 0.2) is 0 Å². The van der Waals surface area contributed by atoms with E-state index in [2.05, 4.69) is 10.6 Å². The molecular formula is C11H12N2O3. The van der Waals surface area contributed by atoms with E-state index in [1.807, 2.05) is 0 Å². The minimum atomic E-state index is -1.05. The van der Waals surface area contributed by atoms with Crippen LogP contribution in [-0.2, 0) is 0 Å². The summed E-state index contributed by atoms with van der Waals surface area (Å²) in [4.78, 5) is 22.3. The summed E-state index contributed by atoms with van der Waals surface area (Å²) in [6.07, 6.45) is 1.99. The van der Waals surface area contributed by atoms with Gasteiger partial charge in [-0.2, -0.15) is 0 Å². The standard InChI is InChI=1S/C11H12N2O3/c14-10(15)8-3-1-2-4-9(8)13-11(16)12-7-5-6-7/h1-4,7H,5-6H2,(H,14,15)(H2,12,13,16). The van der Waals surface area contributed by atoms with Gasteiger partial charge in [-0.15, -0.1) is 0 Å². The largest absolute Gasteiger partial charge is 0.478 e. The third-order valence-corrected chi connectivity index (χ3v) is 2.32. The van der Waals surface area contributed by atoms with Crippen LogP contribution in [-0.4, -0.2) is 23.1 Å². The predicted molar refractivity (Wildman–Crippen MR) is 58.6 cm³/mol. The first-order valence-electron chi connectivity index (χ1n) is 5.06. The van der Waals surface area contributed by atoms with Crippen LogP contribution >= 0.6 is 0 Å². The summed E-state index contributed by atoms with van der Waals surface area (Å²) in [7, 11) is 0. The van der Waals surface area contributed by atoms with Crippen molar-refractivity contribution in [3.8, 4) is 0 Å². The molecule has 0 bridgehead atoms. The summed E-state index contributed by atoms with van der Waals surface area (Å²) >= 11 is 0. The summed E-state index contributed by atoms with van der Waals surface area (Å²) in [5, 5.41) is 14.2. The molecular weight excluding hydrogens is 208 g/mol. The van der Waals surface area contributed by atoms with Crippen molar-refractivity contribution in [2.45, 2.75) is 18.9 Å². The van der Waals surface area contributed by atoms with Gasteiger partial charge < -0.3 is 15.7 Å². The van der Waals surface area contributed by atoms with Gasteiger partial charge in [0.1, 0.15) is 0 Å². The van der Waals surface area contributed by atoms with Crippen LogP contribution < -0.4 is 10.6 Å². The second-order valence-electron chi connectivity index (χ2n) is 3.72. The highest BCUT2D eigenvalue weighted by molar-refractivity contribution is 6.00. The predicted octanol–water partition coefficient (Wildman–Crippen LogP) is 1.67. The van der Waals surface area contributed by atoms with E-state index in [1.165, 1.54) is 6.07 Å². The van der Waals surface area contributed by atoms with Crippen LogP contribution in [0.15, 0.2) is 24.3 Å². The zero-order valence-electron chi connectivity index (χ0n) is 8.56. The second-order valence-corrected chi connectivity index (χ2v) is 3.72. The van der Waals surface area contributed by atoms with Crippen molar-refractivity contribution < 1.29 is 14.7 Å². The van der Waals surface area contributed by atoms with Crippen LogP contribution in [0.5, 0.6) is 0 Å². The number of carbonyl (C=O) groups is 2. The summed E-state index contributed by atoms with van der Waals surface area (Å²) in [5.41, 5.74) is 0.404. The number of anilines is 1. The quantitative estimate of drug-likeness (QED) is 0.725. The van der Waals surface area contributed by atoms with Crippen molar-refractivity contribution in [3.63, 3.8) is 0 Å². The van der Waals surface area contributed by atoms with Crippen molar-refractivity contribution in [1.82, 2.24) is 5.32 Å². The highest BCUT2D eigenvalue weighted by atomic mass is 16.4. The van der Waals surface area contributed by atoms with Crippen molar-refractivity contribution in [2.75, 3.05) is 5.32 Å². The zero-order chi connectivity index (χ0) is 11.5. The van der Waals surface area contributed by atoms with E-state index in [4.69, 9.17) is 5.11 Å². The molecule has 5 heteroatoms. The lowest BCUT2D eigenvalue weighted by atomic mass is 10.2. The molecule has 3 N–H and O–H groups in total. The number of carbonyl (C=O) groups excluding carboxylic acids is 1. The Balaban J connectivity index is 2.07. The maximum atomic E-state index is 11.4. The number of urea groups is 1. The fourth-order valence-electron chi connectivity index (χ4n) is 1.35. The highest BCUT2D eigenvalue weighted by Crippen LogP contribution is 2.19. The smallest absolute Gasteiger partial charge is 0.337 e. The molecule has 16 heavy (non-hydrogen) atoms. The zero-order valence-corrected chi connectivity index (χ0v) is 8.56. The normalized spacial score (nSPS) is 14.2. The van der Waals surface area contributed by atoms with E-state index in [0.717, 1.165) is 12.8 Å². The van der Waals surface area contributed by atoms with Gasteiger partial charge in [-0.05, 0) is 25.0 Å². The van der Waals surface area contributed by atoms with Gasteiger partial charge >= 0.3 is 12.0 Å². The molecule has 1 aromatic carbocycles. The highest BCUT2D eigenvalue weighted by Gasteiger charge is 2.23. The fraction of sp³-hybridized carbons (Fsp3) is 0.273. The first kappa shape index (κ1) is 10.5. The third kappa shape index (κ3) is 2.50. The van der Waals surface area contributed by atoms with Gasteiger partial charge in [0.2, 0.25) is 0 Å². The average molecular weight is 220 g/mol. The van der Waals surface area contributed by atoms with E-state index in [9.17, 15) is 9.59 Å². The Morgan fingerprint density at radius 3 is 2.56 bits per heavy atom. The monoisotopic (exact) mass is 220 g/mol. The number of carboxylic acids is 1. The Morgan fingerprint density at radius 1 is 1.25 bits per heavy atom. The Hall–Kier alpha value is -2.04. The number of rotatable bonds is 3. The molecule has 1 aliphatic carbocycles. The summed E-state index contributed by atoms with van der Waals surface area (Å²) in [6.45, 7) is 0. The molecule has 0 aromatic heterocycles. The average Bonchev–Trinajstić information content (AvgIpc) is 3.02. The van der Waals surface area contributed by atoms with Crippen LogP contribution in [0.2, 0.25) is 0 Å². The number of hydrogen-bond acceptors (Lipinski definition) is 2. The van der Waals surface area contributed by atoms with Gasteiger partial charge in [0.25, 0.3) is 0 Å². The molecule has 5 nitrogen and oxygen atoms in total. The Labute approximate surface area is 92.5 Å². The van der Waals surface area contributed by atoms with Gasteiger partial charge in [-0.3, -0.25) is 0 Å². The molecule has 0 radical (unpaired) electrons. The number of nitrogens with one attached hydrogen (secondary N) is 2. The molecule has 0 spiro atoms. The molecule has 84 valence electrons. The van der Waals surface area contributed by atoms with E-state index in [0.29, 0.717) is 5.69 Å². The SMILES string of the molecule is O=C(Nc1ccccc1C(=O)O)NC1CC1. The third-order valence-electron chi connectivity index (χ3n) is 2.32. The lowest BCUT2D eigenvalue weighted by molar-refractivity contribution is 0.0698. The number of amides is 2. The number of hydrogen-bond donors (Lipinski definition) is 3. The van der Waals surface area contributed by atoms with Crippen molar-refractivity contribution >= 4 is 17.7 Å². The van der Waals surface area contributed by atoms with Crippen LogP contribution in [0.3, 0.4) is 0 Å². The number of benzene rings is 1.